The van der Waals surface area contributed by atoms with Crippen LogP contribution < -0.4 is 5.32 Å². The van der Waals surface area contributed by atoms with E-state index in [9.17, 15) is 0 Å². The van der Waals surface area contributed by atoms with Crippen LogP contribution in [0.1, 0.15) is 33.1 Å². The molecule has 0 amide bonds. The maximum atomic E-state index is 4.37. The lowest BCUT2D eigenvalue weighted by Crippen LogP contribution is -2.44. The quantitative estimate of drug-likeness (QED) is 0.525. The number of hydrogen-bond donors (Lipinski definition) is 2. The molecule has 0 bridgehead atoms. The molecule has 2 nitrogen and oxygen atoms in total. The normalized spacial score (nSPS) is 18.4. The van der Waals surface area contributed by atoms with Crippen LogP contribution in [-0.2, 0) is 0 Å². The van der Waals surface area contributed by atoms with Crippen molar-refractivity contribution in [2.45, 2.75) is 39.2 Å². The average molecular weight is 295 g/mol. The first-order chi connectivity index (χ1) is 9.63. The molecule has 0 aromatic carbocycles. The van der Waals surface area contributed by atoms with Gasteiger partial charge < -0.3 is 5.32 Å². The molecule has 20 heavy (non-hydrogen) atoms. The Bertz CT molecular complexity index is 328. The van der Waals surface area contributed by atoms with Gasteiger partial charge in [-0.05, 0) is 44.3 Å². The fraction of sp³-hybridized carbons (Fsp3) is 0.647. The highest BCUT2D eigenvalue weighted by molar-refractivity contribution is 7.84. The smallest absolute Gasteiger partial charge is 0.0120 e. The Morgan fingerprint density at radius 3 is 2.70 bits per heavy atom. The molecule has 0 aliphatic carbocycles. The van der Waals surface area contributed by atoms with Gasteiger partial charge in [-0.25, -0.2) is 0 Å². The molecule has 114 valence electrons. The minimum Gasteiger partial charge on any atom is -0.317 e. The zero-order chi connectivity index (χ0) is 14.8. The third-order valence-corrected chi connectivity index (χ3v) is 3.88. The van der Waals surface area contributed by atoms with E-state index in [0.29, 0.717) is 0 Å². The van der Waals surface area contributed by atoms with E-state index in [4.69, 9.17) is 0 Å². The maximum Gasteiger partial charge on any atom is 0.0120 e. The van der Waals surface area contributed by atoms with Gasteiger partial charge in [-0.2, -0.15) is 0 Å². The molecule has 0 aromatic heterocycles. The summed E-state index contributed by atoms with van der Waals surface area (Å²) < 4.78 is 0. The maximum absolute atomic E-state index is 4.37. The molecule has 1 saturated heterocycles. The molecule has 1 aliphatic heterocycles. The second-order valence-corrected chi connectivity index (χ2v) is 6.40. The summed E-state index contributed by atoms with van der Waals surface area (Å²) in [6.07, 6.45) is 11.6. The largest absolute Gasteiger partial charge is 0.317 e. The van der Waals surface area contributed by atoms with Gasteiger partial charge in [0.1, 0.15) is 0 Å². The van der Waals surface area contributed by atoms with E-state index in [1.54, 1.807) is 6.08 Å². The van der Waals surface area contributed by atoms with Crippen LogP contribution in [-0.4, -0.2) is 37.1 Å². The topological polar surface area (TPSA) is 15.3 Å². The second-order valence-electron chi connectivity index (χ2n) is 5.89. The van der Waals surface area contributed by atoms with Crippen LogP contribution in [0.2, 0.25) is 0 Å². The summed E-state index contributed by atoms with van der Waals surface area (Å²) in [5.41, 5.74) is 0. The molecule has 1 fully saturated rings. The number of thiol groups is 1. The molecular weight excluding hydrogens is 264 g/mol. The van der Waals surface area contributed by atoms with Gasteiger partial charge in [0.25, 0.3) is 0 Å². The summed E-state index contributed by atoms with van der Waals surface area (Å²) in [5.74, 6) is 0.731. The minimum atomic E-state index is 0.731. The molecule has 1 aliphatic rings. The first-order valence-corrected chi connectivity index (χ1v) is 8.21. The molecule has 1 N–H and O–H groups in total. The Kier molecular flexibility index (Phi) is 8.99. The highest BCUT2D eigenvalue weighted by Crippen LogP contribution is 2.15. The molecule has 0 saturated carbocycles. The van der Waals surface area contributed by atoms with Gasteiger partial charge in [-0.3, -0.25) is 4.90 Å². The van der Waals surface area contributed by atoms with Crippen LogP contribution in [0.15, 0.2) is 35.8 Å². The lowest BCUT2D eigenvalue weighted by atomic mass is 10.0. The van der Waals surface area contributed by atoms with Crippen LogP contribution in [0, 0.1) is 5.92 Å². The van der Waals surface area contributed by atoms with Gasteiger partial charge in [0.15, 0.2) is 0 Å². The molecular formula is C17H30N2S. The van der Waals surface area contributed by atoms with Crippen molar-refractivity contribution < 1.29 is 0 Å². The number of allylic oxidation sites excluding steroid dienone is 3. The first-order valence-electron chi connectivity index (χ1n) is 7.76. The Labute approximate surface area is 130 Å². The summed E-state index contributed by atoms with van der Waals surface area (Å²) in [5, 5.41) is 3.45. The van der Waals surface area contributed by atoms with Crippen molar-refractivity contribution >= 4 is 12.6 Å². The van der Waals surface area contributed by atoms with Gasteiger partial charge in [-0.15, -0.1) is 12.6 Å². The van der Waals surface area contributed by atoms with Crippen molar-refractivity contribution in [2.75, 3.05) is 26.2 Å². The van der Waals surface area contributed by atoms with Crippen molar-refractivity contribution in [1.82, 2.24) is 10.2 Å². The molecule has 0 aromatic rings. The number of piperidine rings is 1. The number of nitrogens with one attached hydrogen (secondary N) is 1. The second kappa shape index (κ2) is 10.3. The average Bonchev–Trinajstić information content (AvgIpc) is 2.43. The van der Waals surface area contributed by atoms with E-state index < -0.39 is 0 Å². The highest BCUT2D eigenvalue weighted by Gasteiger charge is 2.20. The van der Waals surface area contributed by atoms with Gasteiger partial charge in [0.2, 0.25) is 0 Å². The standard InChI is InChI=1S/C17H30N2S/c1-4-7-17(20)8-5-6-13-19(14-15(2)3)16-9-11-18-12-10-16/h4-5,7-8,15-16,18,20H,1,6,9-14H2,2-3H3/b8-5-,17-7+. The van der Waals surface area contributed by atoms with Crippen LogP contribution in [0.3, 0.4) is 0 Å². The van der Waals surface area contributed by atoms with Gasteiger partial charge in [0.05, 0.1) is 0 Å². The zero-order valence-corrected chi connectivity index (χ0v) is 13.9. The van der Waals surface area contributed by atoms with Crippen molar-refractivity contribution in [3.63, 3.8) is 0 Å². The molecule has 3 heteroatoms. The minimum absolute atomic E-state index is 0.731. The number of nitrogens with zero attached hydrogens (tertiary/aromatic N) is 1. The Hall–Kier alpha value is -0.510. The Morgan fingerprint density at radius 1 is 1.40 bits per heavy atom. The third kappa shape index (κ3) is 7.32. The molecule has 0 spiro atoms. The van der Waals surface area contributed by atoms with Crippen molar-refractivity contribution in [1.29, 1.82) is 0 Å². The van der Waals surface area contributed by atoms with Gasteiger partial charge in [0, 0.05) is 24.0 Å². The highest BCUT2D eigenvalue weighted by atomic mass is 32.1. The van der Waals surface area contributed by atoms with Crippen molar-refractivity contribution in [3.05, 3.63) is 35.8 Å². The summed E-state index contributed by atoms with van der Waals surface area (Å²) in [6.45, 7) is 13.0. The fourth-order valence-corrected chi connectivity index (χ4v) is 2.90. The molecule has 1 heterocycles. The van der Waals surface area contributed by atoms with Crippen LogP contribution >= 0.6 is 12.6 Å². The lowest BCUT2D eigenvalue weighted by Gasteiger charge is -2.35. The van der Waals surface area contributed by atoms with Crippen LogP contribution in [0.4, 0.5) is 0 Å². The van der Waals surface area contributed by atoms with Crippen molar-refractivity contribution in [2.24, 2.45) is 5.92 Å². The van der Waals surface area contributed by atoms with Gasteiger partial charge >= 0.3 is 0 Å². The third-order valence-electron chi connectivity index (χ3n) is 3.58. The Balaban J connectivity index is 2.43. The van der Waals surface area contributed by atoms with Crippen molar-refractivity contribution in [3.8, 4) is 0 Å². The fourth-order valence-electron chi connectivity index (χ4n) is 2.68. The summed E-state index contributed by atoms with van der Waals surface area (Å²) in [7, 11) is 0. The summed E-state index contributed by atoms with van der Waals surface area (Å²) in [4.78, 5) is 3.64. The zero-order valence-electron chi connectivity index (χ0n) is 13.0. The lowest BCUT2D eigenvalue weighted by molar-refractivity contribution is 0.148. The molecule has 0 unspecified atom stereocenters. The van der Waals surface area contributed by atoms with Crippen LogP contribution in [0.5, 0.6) is 0 Å². The van der Waals surface area contributed by atoms with Gasteiger partial charge in [-0.1, -0.05) is 38.7 Å². The van der Waals surface area contributed by atoms with E-state index >= 15 is 0 Å². The number of hydrogen-bond acceptors (Lipinski definition) is 3. The predicted octanol–water partition coefficient (Wildman–Crippen LogP) is 3.64. The van der Waals surface area contributed by atoms with Crippen LogP contribution in [0.25, 0.3) is 0 Å². The van der Waals surface area contributed by atoms with E-state index in [1.807, 2.05) is 6.08 Å². The molecule has 0 atom stereocenters. The monoisotopic (exact) mass is 294 g/mol. The Morgan fingerprint density at radius 2 is 2.10 bits per heavy atom. The number of rotatable bonds is 8. The molecule has 0 radical (unpaired) electrons. The van der Waals surface area contributed by atoms with E-state index in [1.165, 1.54) is 19.4 Å². The summed E-state index contributed by atoms with van der Waals surface area (Å²) in [6, 6.07) is 0.756. The summed E-state index contributed by atoms with van der Waals surface area (Å²) >= 11 is 4.37. The van der Waals surface area contributed by atoms with E-state index in [0.717, 1.165) is 42.9 Å². The SMILES string of the molecule is C=C/C=C(S)\C=C/CCN(CC(C)C)C1CCNCC1. The van der Waals surface area contributed by atoms with E-state index in [-0.39, 0.29) is 0 Å². The first kappa shape index (κ1) is 17.5. The molecule has 1 rings (SSSR count). The van der Waals surface area contributed by atoms with E-state index in [2.05, 4.69) is 55.4 Å². The predicted molar refractivity (Wildman–Crippen MR) is 93.3 cm³/mol.